The summed E-state index contributed by atoms with van der Waals surface area (Å²) in [6.07, 6.45) is 7.05. The number of carbonyl (C=O) groups is 2. The first kappa shape index (κ1) is 21.2. The topological polar surface area (TPSA) is 83.1 Å². The number of rotatable bonds is 10. The number of anilines is 2. The number of benzene rings is 1. The van der Waals surface area contributed by atoms with E-state index in [0.29, 0.717) is 28.1 Å². The Balaban J connectivity index is 1.70. The molecule has 146 valence electrons. The number of unbranched alkanes of at least 4 members (excludes halogenated alkanes) is 5. The summed E-state index contributed by atoms with van der Waals surface area (Å²) < 4.78 is 0. The highest BCUT2D eigenvalue weighted by atomic mass is 35.5. The molecule has 1 aromatic heterocycles. The second kappa shape index (κ2) is 11.6. The van der Waals surface area contributed by atoms with Crippen molar-refractivity contribution in [2.45, 2.75) is 45.4 Å². The van der Waals surface area contributed by atoms with E-state index in [2.05, 4.69) is 27.9 Å². The Morgan fingerprint density at radius 1 is 1.04 bits per heavy atom. The Labute approximate surface area is 168 Å². The molecule has 0 spiro atoms. The van der Waals surface area contributed by atoms with Crippen LogP contribution in [0.25, 0.3) is 0 Å². The number of nitrogens with one attached hydrogen (secondary N) is 3. The van der Waals surface area contributed by atoms with Gasteiger partial charge in [-0.3, -0.25) is 10.1 Å². The van der Waals surface area contributed by atoms with E-state index in [4.69, 9.17) is 11.6 Å². The summed E-state index contributed by atoms with van der Waals surface area (Å²) in [5.41, 5.74) is 0.929. The normalized spacial score (nSPS) is 10.4. The molecule has 0 fully saturated rings. The van der Waals surface area contributed by atoms with Crippen LogP contribution >= 0.6 is 22.9 Å². The minimum Gasteiger partial charge on any atom is -0.351 e. The van der Waals surface area contributed by atoms with Crippen molar-refractivity contribution in [3.8, 4) is 0 Å². The first-order valence-corrected chi connectivity index (χ1v) is 10.4. The highest BCUT2D eigenvalue weighted by Crippen LogP contribution is 2.17. The summed E-state index contributed by atoms with van der Waals surface area (Å²) in [5, 5.41) is 10.8. The molecule has 3 N–H and O–H groups in total. The summed E-state index contributed by atoms with van der Waals surface area (Å²) in [4.78, 5) is 28.2. The molecular formula is C19H25ClN4O2S. The Morgan fingerprint density at radius 2 is 1.74 bits per heavy atom. The highest BCUT2D eigenvalue weighted by molar-refractivity contribution is 7.14. The van der Waals surface area contributed by atoms with Crippen molar-refractivity contribution in [1.29, 1.82) is 0 Å². The van der Waals surface area contributed by atoms with E-state index in [1.165, 1.54) is 37.0 Å². The van der Waals surface area contributed by atoms with E-state index in [1.807, 2.05) is 0 Å². The average Bonchev–Trinajstić information content (AvgIpc) is 3.11. The van der Waals surface area contributed by atoms with Crippen LogP contribution in [0.1, 0.15) is 55.9 Å². The van der Waals surface area contributed by atoms with E-state index >= 15 is 0 Å². The molecule has 27 heavy (non-hydrogen) atoms. The zero-order chi connectivity index (χ0) is 19.5. The number of carbonyl (C=O) groups excluding carboxylic acids is 2. The smallest absolute Gasteiger partial charge is 0.325 e. The summed E-state index contributed by atoms with van der Waals surface area (Å²) in [6.45, 7) is 2.83. The van der Waals surface area contributed by atoms with E-state index in [-0.39, 0.29) is 5.91 Å². The minimum absolute atomic E-state index is 0.217. The van der Waals surface area contributed by atoms with Gasteiger partial charge < -0.3 is 10.6 Å². The number of nitrogens with zero attached hydrogens (tertiary/aromatic N) is 1. The van der Waals surface area contributed by atoms with Crippen LogP contribution in [0.3, 0.4) is 0 Å². The molecule has 0 bridgehead atoms. The average molecular weight is 409 g/mol. The molecule has 0 saturated carbocycles. The zero-order valence-corrected chi connectivity index (χ0v) is 17.0. The lowest BCUT2D eigenvalue weighted by atomic mass is 10.1. The minimum atomic E-state index is -0.425. The first-order valence-electron chi connectivity index (χ1n) is 9.15. The van der Waals surface area contributed by atoms with Gasteiger partial charge in [0.25, 0.3) is 5.91 Å². The molecule has 1 heterocycles. The first-order chi connectivity index (χ1) is 13.1. The molecule has 0 radical (unpaired) electrons. The van der Waals surface area contributed by atoms with Gasteiger partial charge in [-0.25, -0.2) is 9.78 Å². The van der Waals surface area contributed by atoms with E-state index in [0.717, 1.165) is 12.8 Å². The molecule has 2 aromatic rings. The second-order valence-corrected chi connectivity index (χ2v) is 7.44. The van der Waals surface area contributed by atoms with Gasteiger partial charge in [-0.05, 0) is 30.7 Å². The summed E-state index contributed by atoms with van der Waals surface area (Å²) in [5.74, 6) is -0.217. The molecule has 0 atom stereocenters. The van der Waals surface area contributed by atoms with Crippen LogP contribution < -0.4 is 16.0 Å². The third kappa shape index (κ3) is 7.97. The largest absolute Gasteiger partial charge is 0.351 e. The van der Waals surface area contributed by atoms with Gasteiger partial charge in [0, 0.05) is 22.6 Å². The summed E-state index contributed by atoms with van der Waals surface area (Å²) in [7, 11) is 0. The van der Waals surface area contributed by atoms with Crippen LogP contribution in [-0.2, 0) is 0 Å². The van der Waals surface area contributed by atoms with Crippen molar-refractivity contribution >= 4 is 45.7 Å². The van der Waals surface area contributed by atoms with Crippen molar-refractivity contribution in [1.82, 2.24) is 10.3 Å². The number of aromatic nitrogens is 1. The van der Waals surface area contributed by atoms with Gasteiger partial charge in [0.2, 0.25) is 0 Å². The van der Waals surface area contributed by atoms with Crippen molar-refractivity contribution in [3.05, 3.63) is 40.4 Å². The van der Waals surface area contributed by atoms with Gasteiger partial charge in [0.15, 0.2) is 5.13 Å². The quantitative estimate of drug-likeness (QED) is 0.452. The zero-order valence-electron chi connectivity index (χ0n) is 15.4. The van der Waals surface area contributed by atoms with Crippen LogP contribution in [0.5, 0.6) is 0 Å². The molecule has 8 heteroatoms. The maximum absolute atomic E-state index is 12.1. The predicted molar refractivity (Wildman–Crippen MR) is 112 cm³/mol. The summed E-state index contributed by atoms with van der Waals surface area (Å²) in [6, 6.07) is 6.35. The Hall–Kier alpha value is -2.12. The number of halogens is 1. The highest BCUT2D eigenvalue weighted by Gasteiger charge is 2.12. The molecule has 0 aliphatic carbocycles. The molecule has 1 aromatic carbocycles. The standard InChI is InChI=1S/C19H25ClN4O2S/c1-2-3-4-5-6-7-12-21-17(25)16-13-27-19(23-16)24-18(26)22-15-10-8-14(20)9-11-15/h8-11,13H,2-7,12H2,1H3,(H,21,25)(H2,22,23,24,26). The Kier molecular flexibility index (Phi) is 9.07. The predicted octanol–water partition coefficient (Wildman–Crippen LogP) is 5.53. The molecule has 3 amide bonds. The molecule has 6 nitrogen and oxygen atoms in total. The lowest BCUT2D eigenvalue weighted by molar-refractivity contribution is 0.0948. The van der Waals surface area contributed by atoms with E-state index < -0.39 is 6.03 Å². The fourth-order valence-corrected chi connectivity index (χ4v) is 3.24. The van der Waals surface area contributed by atoms with Gasteiger partial charge in [-0.1, -0.05) is 50.6 Å². The van der Waals surface area contributed by atoms with Gasteiger partial charge >= 0.3 is 6.03 Å². The van der Waals surface area contributed by atoms with Crippen LogP contribution in [0.2, 0.25) is 5.02 Å². The summed E-state index contributed by atoms with van der Waals surface area (Å²) >= 11 is 7.02. The van der Waals surface area contributed by atoms with Crippen molar-refractivity contribution in [2.24, 2.45) is 0 Å². The van der Waals surface area contributed by atoms with Gasteiger partial charge in [-0.2, -0.15) is 0 Å². The van der Waals surface area contributed by atoms with Gasteiger partial charge in [0.1, 0.15) is 5.69 Å². The van der Waals surface area contributed by atoms with Crippen LogP contribution in [0.4, 0.5) is 15.6 Å². The van der Waals surface area contributed by atoms with E-state index in [1.54, 1.807) is 29.6 Å². The van der Waals surface area contributed by atoms with Crippen LogP contribution in [0.15, 0.2) is 29.6 Å². The van der Waals surface area contributed by atoms with Gasteiger partial charge in [0.05, 0.1) is 0 Å². The number of thiazole rings is 1. The Morgan fingerprint density at radius 3 is 2.48 bits per heavy atom. The van der Waals surface area contributed by atoms with Crippen LogP contribution in [0, 0.1) is 0 Å². The van der Waals surface area contributed by atoms with Crippen molar-refractivity contribution in [3.63, 3.8) is 0 Å². The monoisotopic (exact) mass is 408 g/mol. The second-order valence-electron chi connectivity index (χ2n) is 6.15. The van der Waals surface area contributed by atoms with Crippen molar-refractivity contribution in [2.75, 3.05) is 17.2 Å². The number of amides is 3. The SMILES string of the molecule is CCCCCCCCNC(=O)c1csc(NC(=O)Nc2ccc(Cl)cc2)n1. The molecule has 2 rings (SSSR count). The maximum Gasteiger partial charge on any atom is 0.325 e. The molecule has 0 unspecified atom stereocenters. The fourth-order valence-electron chi connectivity index (χ4n) is 2.43. The number of urea groups is 1. The Bertz CT molecular complexity index is 734. The maximum atomic E-state index is 12.1. The molecule has 0 saturated heterocycles. The molecule has 0 aliphatic rings. The number of hydrogen-bond acceptors (Lipinski definition) is 4. The fraction of sp³-hybridized carbons (Fsp3) is 0.421. The third-order valence-corrected chi connectivity index (χ3v) is 4.88. The lowest BCUT2D eigenvalue weighted by Crippen LogP contribution is -2.25. The number of hydrogen-bond donors (Lipinski definition) is 3. The van der Waals surface area contributed by atoms with E-state index in [9.17, 15) is 9.59 Å². The molecule has 0 aliphatic heterocycles. The van der Waals surface area contributed by atoms with Gasteiger partial charge in [-0.15, -0.1) is 11.3 Å². The van der Waals surface area contributed by atoms with Crippen LogP contribution in [-0.4, -0.2) is 23.5 Å². The third-order valence-electron chi connectivity index (χ3n) is 3.88. The lowest BCUT2D eigenvalue weighted by Gasteiger charge is -2.05. The van der Waals surface area contributed by atoms with Crippen molar-refractivity contribution < 1.29 is 9.59 Å². The molecular weight excluding hydrogens is 384 g/mol.